The summed E-state index contributed by atoms with van der Waals surface area (Å²) >= 11 is 12.2. The summed E-state index contributed by atoms with van der Waals surface area (Å²) in [7, 11) is 0. The Morgan fingerprint density at radius 3 is 2.48 bits per heavy atom. The van der Waals surface area contributed by atoms with Crippen molar-refractivity contribution in [2.45, 2.75) is 13.8 Å². The zero-order valence-corrected chi connectivity index (χ0v) is 17.0. The molecule has 2 aromatic heterocycles. The van der Waals surface area contributed by atoms with Gasteiger partial charge in [-0.3, -0.25) is 5.43 Å². The predicted octanol–water partition coefficient (Wildman–Crippen LogP) is 5.13. The quantitative estimate of drug-likeness (QED) is 0.336. The molecule has 0 spiro atoms. The summed E-state index contributed by atoms with van der Waals surface area (Å²) in [6, 6.07) is 11.2. The minimum atomic E-state index is 0.259. The van der Waals surface area contributed by atoms with Gasteiger partial charge in [0.25, 0.3) is 0 Å². The van der Waals surface area contributed by atoms with Gasteiger partial charge in [-0.1, -0.05) is 47.5 Å². The maximum absolute atomic E-state index is 6.19. The van der Waals surface area contributed by atoms with Crippen LogP contribution in [0.1, 0.15) is 16.7 Å². The van der Waals surface area contributed by atoms with E-state index in [1.807, 2.05) is 32.0 Å². The zero-order chi connectivity index (χ0) is 20.4. The summed E-state index contributed by atoms with van der Waals surface area (Å²) < 4.78 is 4.72. The van der Waals surface area contributed by atoms with Crippen LogP contribution < -0.4 is 10.7 Å². The molecule has 29 heavy (non-hydrogen) atoms. The second-order valence-corrected chi connectivity index (χ2v) is 7.00. The van der Waals surface area contributed by atoms with Crippen LogP contribution in [-0.2, 0) is 0 Å². The molecular weight excluding hydrogens is 413 g/mol. The van der Waals surface area contributed by atoms with Crippen molar-refractivity contribution in [3.8, 4) is 0 Å². The highest BCUT2D eigenvalue weighted by molar-refractivity contribution is 6.43. The first-order valence-corrected chi connectivity index (χ1v) is 9.35. The molecule has 2 heterocycles. The van der Waals surface area contributed by atoms with Gasteiger partial charge in [-0.2, -0.15) is 10.1 Å². The highest BCUT2D eigenvalue weighted by atomic mass is 35.5. The first-order chi connectivity index (χ1) is 14.0. The molecule has 2 aromatic carbocycles. The number of rotatable bonds is 5. The molecule has 0 unspecified atom stereocenters. The number of nitrogens with one attached hydrogen (secondary N) is 2. The number of anilines is 3. The Morgan fingerprint density at radius 1 is 0.966 bits per heavy atom. The highest BCUT2D eigenvalue weighted by Gasteiger charge is 2.14. The average molecular weight is 428 g/mol. The molecule has 0 atom stereocenters. The number of nitrogens with zero attached hydrogens (tertiary/aromatic N) is 5. The lowest BCUT2D eigenvalue weighted by atomic mass is 10.1. The van der Waals surface area contributed by atoms with Crippen LogP contribution in [0.15, 0.2) is 46.1 Å². The van der Waals surface area contributed by atoms with Crippen molar-refractivity contribution in [1.82, 2.24) is 20.3 Å². The normalized spacial score (nSPS) is 11.3. The van der Waals surface area contributed by atoms with Crippen LogP contribution in [-0.4, -0.2) is 26.5 Å². The number of aryl methyl sites for hydroxylation is 1. The lowest BCUT2D eigenvalue weighted by molar-refractivity contribution is 0.314. The van der Waals surface area contributed by atoms with Crippen LogP contribution in [0, 0.1) is 13.8 Å². The van der Waals surface area contributed by atoms with Crippen LogP contribution in [0.5, 0.6) is 0 Å². The molecule has 4 aromatic rings. The smallest absolute Gasteiger partial charge is 0.245 e. The third-order valence-electron chi connectivity index (χ3n) is 4.33. The molecule has 146 valence electrons. The van der Waals surface area contributed by atoms with Gasteiger partial charge in [0.15, 0.2) is 11.6 Å². The minimum Gasteiger partial charge on any atom is -0.337 e. The predicted molar refractivity (Wildman–Crippen MR) is 114 cm³/mol. The molecule has 0 bridgehead atoms. The van der Waals surface area contributed by atoms with Gasteiger partial charge in [0.1, 0.15) is 0 Å². The van der Waals surface area contributed by atoms with Crippen LogP contribution >= 0.6 is 23.2 Å². The van der Waals surface area contributed by atoms with Crippen molar-refractivity contribution in [1.29, 1.82) is 0 Å². The van der Waals surface area contributed by atoms with Crippen molar-refractivity contribution < 1.29 is 4.63 Å². The van der Waals surface area contributed by atoms with E-state index in [1.54, 1.807) is 24.4 Å². The summed E-state index contributed by atoms with van der Waals surface area (Å²) in [5, 5.41) is 15.8. The second kappa shape index (κ2) is 8.02. The number of aromatic nitrogens is 4. The fourth-order valence-electron chi connectivity index (χ4n) is 2.60. The molecule has 0 saturated carbocycles. The maximum atomic E-state index is 6.19. The van der Waals surface area contributed by atoms with Crippen molar-refractivity contribution in [2.24, 2.45) is 5.10 Å². The van der Waals surface area contributed by atoms with Gasteiger partial charge in [0.2, 0.25) is 11.3 Å². The molecule has 4 rings (SSSR count). The molecule has 0 saturated heterocycles. The van der Waals surface area contributed by atoms with E-state index in [-0.39, 0.29) is 11.3 Å². The fourth-order valence-corrected chi connectivity index (χ4v) is 2.96. The van der Waals surface area contributed by atoms with Gasteiger partial charge in [-0.25, -0.2) is 9.61 Å². The van der Waals surface area contributed by atoms with Crippen LogP contribution in [0.25, 0.3) is 11.3 Å². The van der Waals surface area contributed by atoms with Gasteiger partial charge in [-0.05, 0) is 47.4 Å². The lowest BCUT2D eigenvalue weighted by Crippen LogP contribution is -2.04. The Bertz CT molecular complexity index is 1220. The Kier molecular flexibility index (Phi) is 5.28. The van der Waals surface area contributed by atoms with Gasteiger partial charge >= 0.3 is 0 Å². The van der Waals surface area contributed by atoms with E-state index in [2.05, 4.69) is 36.1 Å². The molecule has 8 nitrogen and oxygen atoms in total. The van der Waals surface area contributed by atoms with Gasteiger partial charge in [0.05, 0.1) is 16.3 Å². The fraction of sp³-hybridized carbons (Fsp3) is 0.105. The number of hydrogen-bond acceptors (Lipinski definition) is 8. The largest absolute Gasteiger partial charge is 0.337 e. The van der Waals surface area contributed by atoms with Crippen molar-refractivity contribution >= 4 is 58.0 Å². The molecular formula is C19H15Cl2N7O. The van der Waals surface area contributed by atoms with Crippen molar-refractivity contribution in [2.75, 3.05) is 10.7 Å². The standard InChI is InChI=1S/C19H15Cl2N7O/c1-10-5-3-8-14(11(10)2)23-16-17(25-19-18(24-16)27-29-28-19)26-22-9-12-6-4-7-13(20)15(12)21/h3-9H,1-2H3,(H,23,24,27)(H,25,26,28)/b22-9+. The van der Waals surface area contributed by atoms with E-state index in [1.165, 1.54) is 0 Å². The molecule has 0 fully saturated rings. The van der Waals surface area contributed by atoms with Crippen molar-refractivity contribution in [3.05, 3.63) is 63.1 Å². The van der Waals surface area contributed by atoms with Gasteiger partial charge < -0.3 is 5.32 Å². The summed E-state index contributed by atoms with van der Waals surface area (Å²) in [4.78, 5) is 8.81. The first kappa shape index (κ1) is 19.1. The van der Waals surface area contributed by atoms with Gasteiger partial charge in [-0.15, -0.1) is 0 Å². The van der Waals surface area contributed by atoms with E-state index in [0.29, 0.717) is 27.2 Å². The number of halogens is 2. The molecule has 0 aliphatic heterocycles. The van der Waals surface area contributed by atoms with E-state index >= 15 is 0 Å². The molecule has 0 aliphatic carbocycles. The zero-order valence-electron chi connectivity index (χ0n) is 15.4. The van der Waals surface area contributed by atoms with Gasteiger partial charge in [0, 0.05) is 11.3 Å². The Labute approximate surface area is 175 Å². The van der Waals surface area contributed by atoms with E-state index in [4.69, 9.17) is 27.8 Å². The third-order valence-corrected chi connectivity index (χ3v) is 5.16. The Morgan fingerprint density at radius 2 is 1.69 bits per heavy atom. The van der Waals surface area contributed by atoms with Crippen LogP contribution in [0.3, 0.4) is 0 Å². The summed E-state index contributed by atoms with van der Waals surface area (Å²) in [5.41, 5.74) is 7.20. The second-order valence-electron chi connectivity index (χ2n) is 6.22. The molecule has 0 aliphatic rings. The van der Waals surface area contributed by atoms with E-state index in [9.17, 15) is 0 Å². The lowest BCUT2D eigenvalue weighted by Gasteiger charge is -2.12. The number of hydrogen-bond donors (Lipinski definition) is 2. The monoisotopic (exact) mass is 427 g/mol. The molecule has 10 heteroatoms. The summed E-state index contributed by atoms with van der Waals surface area (Å²) in [6.07, 6.45) is 1.54. The van der Waals surface area contributed by atoms with E-state index in [0.717, 1.165) is 16.8 Å². The Hall–Kier alpha value is -3.23. The minimum absolute atomic E-state index is 0.259. The van der Waals surface area contributed by atoms with E-state index < -0.39 is 0 Å². The number of hydrazone groups is 1. The topological polar surface area (TPSA) is 101 Å². The van der Waals surface area contributed by atoms with Crippen LogP contribution in [0.2, 0.25) is 10.0 Å². The SMILES string of the molecule is Cc1cccc(Nc2nc3nonc3nc2N/N=C/c2cccc(Cl)c2Cl)c1C. The van der Waals surface area contributed by atoms with Crippen molar-refractivity contribution in [3.63, 3.8) is 0 Å². The molecule has 0 amide bonds. The first-order valence-electron chi connectivity index (χ1n) is 8.59. The number of fused-ring (bicyclic) bond motifs is 1. The average Bonchev–Trinajstić information content (AvgIpc) is 3.16. The summed E-state index contributed by atoms with van der Waals surface area (Å²) in [6.45, 7) is 4.06. The molecule has 2 N–H and O–H groups in total. The Balaban J connectivity index is 1.67. The molecule has 0 radical (unpaired) electrons. The highest BCUT2D eigenvalue weighted by Crippen LogP contribution is 2.27. The maximum Gasteiger partial charge on any atom is 0.245 e. The third kappa shape index (κ3) is 3.98. The van der Waals surface area contributed by atoms with Crippen LogP contribution in [0.4, 0.5) is 17.3 Å². The number of benzene rings is 2. The summed E-state index contributed by atoms with van der Waals surface area (Å²) in [5.74, 6) is 0.778.